The Morgan fingerprint density at radius 1 is 1.48 bits per heavy atom. The van der Waals surface area contributed by atoms with E-state index < -0.39 is 6.09 Å². The molecule has 0 unspecified atom stereocenters. The number of carbonyl (C=O) groups is 1. The minimum absolute atomic E-state index is 0.321. The number of nitrogens with one attached hydrogen (secondary N) is 1. The Bertz CT molecular complexity index is 814. The van der Waals surface area contributed by atoms with E-state index in [4.69, 9.17) is 10.5 Å². The van der Waals surface area contributed by atoms with Gasteiger partial charge in [0.2, 0.25) is 5.82 Å². The summed E-state index contributed by atoms with van der Waals surface area (Å²) in [4.78, 5) is 20.2. The van der Waals surface area contributed by atoms with E-state index in [1.807, 2.05) is 12.3 Å². The van der Waals surface area contributed by atoms with Gasteiger partial charge in [0.15, 0.2) is 10.7 Å². The van der Waals surface area contributed by atoms with Crippen LogP contribution in [0.4, 0.5) is 10.6 Å². The molecular weight excluding hydrogens is 316 g/mol. The fraction of sp³-hybridized carbons (Fsp3) is 0.286. The van der Waals surface area contributed by atoms with Crippen molar-refractivity contribution in [2.24, 2.45) is 0 Å². The lowest BCUT2D eigenvalue weighted by Crippen LogP contribution is -2.27. The first-order valence-electron chi connectivity index (χ1n) is 7.19. The van der Waals surface area contributed by atoms with E-state index in [-0.39, 0.29) is 0 Å². The molecule has 3 rings (SSSR count). The van der Waals surface area contributed by atoms with Crippen molar-refractivity contribution in [1.82, 2.24) is 24.9 Å². The van der Waals surface area contributed by atoms with Crippen LogP contribution in [0.1, 0.15) is 19.8 Å². The highest BCUT2D eigenvalue weighted by atomic mass is 32.1. The highest BCUT2D eigenvalue weighted by Gasteiger charge is 2.13. The van der Waals surface area contributed by atoms with Gasteiger partial charge in [0.05, 0.1) is 0 Å². The number of nitrogen functional groups attached to an aromatic ring is 1. The SMILES string of the molecule is CCCCNC(=O)Oc1cc(N)n2nc(-c3nccs3)nc2c1. The molecule has 0 saturated carbocycles. The molecule has 3 aromatic heterocycles. The maximum absolute atomic E-state index is 11.7. The molecule has 0 aromatic carbocycles. The minimum atomic E-state index is -0.512. The summed E-state index contributed by atoms with van der Waals surface area (Å²) in [6.45, 7) is 2.62. The Morgan fingerprint density at radius 2 is 2.35 bits per heavy atom. The molecule has 0 radical (unpaired) electrons. The van der Waals surface area contributed by atoms with Gasteiger partial charge in [-0.25, -0.2) is 14.8 Å². The van der Waals surface area contributed by atoms with Crippen molar-refractivity contribution in [3.05, 3.63) is 23.7 Å². The number of hydrogen-bond acceptors (Lipinski definition) is 7. The summed E-state index contributed by atoms with van der Waals surface area (Å²) >= 11 is 1.44. The molecule has 9 heteroatoms. The smallest absolute Gasteiger partial charge is 0.410 e. The largest absolute Gasteiger partial charge is 0.412 e. The second-order valence-corrected chi connectivity index (χ2v) is 5.72. The summed E-state index contributed by atoms with van der Waals surface area (Å²) in [6.07, 6.45) is 3.07. The summed E-state index contributed by atoms with van der Waals surface area (Å²) < 4.78 is 6.71. The van der Waals surface area contributed by atoms with Crippen LogP contribution in [-0.2, 0) is 0 Å². The Balaban J connectivity index is 1.81. The quantitative estimate of drug-likeness (QED) is 0.694. The number of thiazole rings is 1. The predicted molar refractivity (Wildman–Crippen MR) is 87.4 cm³/mol. The maximum atomic E-state index is 11.7. The van der Waals surface area contributed by atoms with Crippen LogP contribution in [0.2, 0.25) is 0 Å². The third kappa shape index (κ3) is 3.39. The molecule has 0 bridgehead atoms. The van der Waals surface area contributed by atoms with Crippen molar-refractivity contribution < 1.29 is 9.53 Å². The normalized spacial score (nSPS) is 10.8. The number of nitrogens with two attached hydrogens (primary N) is 1. The van der Waals surface area contributed by atoms with Gasteiger partial charge < -0.3 is 15.8 Å². The first kappa shape index (κ1) is 15.2. The van der Waals surface area contributed by atoms with Crippen molar-refractivity contribution in [1.29, 1.82) is 0 Å². The number of ether oxygens (including phenoxy) is 1. The molecule has 0 aliphatic rings. The molecule has 0 atom stereocenters. The monoisotopic (exact) mass is 332 g/mol. The Hall–Kier alpha value is -2.68. The fourth-order valence-electron chi connectivity index (χ4n) is 1.98. The number of unbranched alkanes of at least 4 members (excludes halogenated alkanes) is 1. The first-order chi connectivity index (χ1) is 11.2. The Labute approximate surface area is 136 Å². The molecule has 8 nitrogen and oxygen atoms in total. The summed E-state index contributed by atoms with van der Waals surface area (Å²) in [5, 5.41) is 9.53. The van der Waals surface area contributed by atoms with Crippen molar-refractivity contribution >= 4 is 28.9 Å². The average Bonchev–Trinajstić information content (AvgIpc) is 3.16. The third-order valence-corrected chi connectivity index (χ3v) is 3.84. The number of hydrogen-bond donors (Lipinski definition) is 2. The van der Waals surface area contributed by atoms with E-state index in [0.717, 1.165) is 12.8 Å². The topological polar surface area (TPSA) is 107 Å². The van der Waals surface area contributed by atoms with E-state index in [1.165, 1.54) is 21.9 Å². The predicted octanol–water partition coefficient (Wildman–Crippen LogP) is 2.32. The zero-order valence-corrected chi connectivity index (χ0v) is 13.3. The molecule has 120 valence electrons. The maximum Gasteiger partial charge on any atom is 0.412 e. The van der Waals surface area contributed by atoms with Gasteiger partial charge in [0.1, 0.15) is 11.6 Å². The van der Waals surface area contributed by atoms with Crippen LogP contribution in [0.25, 0.3) is 16.5 Å². The van der Waals surface area contributed by atoms with Gasteiger partial charge in [-0.1, -0.05) is 13.3 Å². The van der Waals surface area contributed by atoms with Crippen LogP contribution in [0.15, 0.2) is 23.7 Å². The van der Waals surface area contributed by atoms with Gasteiger partial charge >= 0.3 is 6.09 Å². The summed E-state index contributed by atoms with van der Waals surface area (Å²) in [6, 6.07) is 3.15. The highest BCUT2D eigenvalue weighted by molar-refractivity contribution is 7.13. The molecule has 0 saturated heterocycles. The number of fused-ring (bicyclic) bond motifs is 1. The second kappa shape index (κ2) is 6.61. The lowest BCUT2D eigenvalue weighted by Gasteiger charge is -2.07. The van der Waals surface area contributed by atoms with Crippen molar-refractivity contribution in [3.8, 4) is 16.6 Å². The number of carbonyl (C=O) groups excluding carboxylic acids is 1. The molecule has 0 fully saturated rings. The zero-order valence-electron chi connectivity index (χ0n) is 12.5. The molecule has 3 aromatic rings. The van der Waals surface area contributed by atoms with Crippen LogP contribution in [0.5, 0.6) is 5.75 Å². The average molecular weight is 332 g/mol. The third-order valence-electron chi connectivity index (χ3n) is 3.07. The summed E-state index contributed by atoms with van der Waals surface area (Å²) in [7, 11) is 0. The summed E-state index contributed by atoms with van der Waals surface area (Å²) in [5.74, 6) is 1.13. The molecule has 0 aliphatic heterocycles. The number of anilines is 1. The van der Waals surface area contributed by atoms with Gasteiger partial charge in [-0.05, 0) is 6.42 Å². The fourth-order valence-corrected chi connectivity index (χ4v) is 2.54. The molecule has 0 aliphatic carbocycles. The number of pyridine rings is 1. The van der Waals surface area contributed by atoms with Crippen LogP contribution >= 0.6 is 11.3 Å². The van der Waals surface area contributed by atoms with Crippen molar-refractivity contribution in [2.45, 2.75) is 19.8 Å². The van der Waals surface area contributed by atoms with Gasteiger partial charge in [0.25, 0.3) is 0 Å². The van der Waals surface area contributed by atoms with E-state index >= 15 is 0 Å². The highest BCUT2D eigenvalue weighted by Crippen LogP contribution is 2.23. The number of amides is 1. The molecule has 23 heavy (non-hydrogen) atoms. The molecule has 0 spiro atoms. The first-order valence-corrected chi connectivity index (χ1v) is 8.07. The number of rotatable bonds is 5. The standard InChI is InChI=1S/C14H16N6O2S/c1-2-3-4-17-14(21)22-9-7-10(15)20-11(8-9)18-12(19-20)13-16-5-6-23-13/h5-8H,2-4,15H2,1H3,(H,17,21). The molecule has 3 N–H and O–H groups in total. The van der Waals surface area contributed by atoms with Gasteiger partial charge in [-0.3, -0.25) is 0 Å². The van der Waals surface area contributed by atoms with E-state index in [2.05, 4.69) is 20.4 Å². The number of nitrogens with zero attached hydrogens (tertiary/aromatic N) is 4. The summed E-state index contributed by atoms with van der Waals surface area (Å²) in [5.41, 5.74) is 6.45. The van der Waals surface area contributed by atoms with E-state index in [0.29, 0.717) is 34.6 Å². The molecule has 1 amide bonds. The van der Waals surface area contributed by atoms with Crippen LogP contribution in [-0.4, -0.2) is 32.2 Å². The van der Waals surface area contributed by atoms with E-state index in [9.17, 15) is 4.79 Å². The second-order valence-electron chi connectivity index (χ2n) is 4.83. The minimum Gasteiger partial charge on any atom is -0.410 e. The van der Waals surface area contributed by atoms with Gasteiger partial charge in [-0.15, -0.1) is 16.4 Å². The number of aromatic nitrogens is 4. The van der Waals surface area contributed by atoms with Crippen LogP contribution < -0.4 is 15.8 Å². The van der Waals surface area contributed by atoms with Crippen molar-refractivity contribution in [2.75, 3.05) is 12.3 Å². The molecule has 3 heterocycles. The van der Waals surface area contributed by atoms with Gasteiger partial charge in [-0.2, -0.15) is 4.52 Å². The van der Waals surface area contributed by atoms with E-state index in [1.54, 1.807) is 12.3 Å². The van der Waals surface area contributed by atoms with Crippen LogP contribution in [0.3, 0.4) is 0 Å². The Kier molecular flexibility index (Phi) is 4.38. The lowest BCUT2D eigenvalue weighted by molar-refractivity contribution is 0.200. The van der Waals surface area contributed by atoms with Crippen molar-refractivity contribution in [3.63, 3.8) is 0 Å². The van der Waals surface area contributed by atoms with Crippen LogP contribution in [0, 0.1) is 0 Å². The Morgan fingerprint density at radius 3 is 3.09 bits per heavy atom. The lowest BCUT2D eigenvalue weighted by atomic mass is 10.3. The molecular formula is C14H16N6O2S. The van der Waals surface area contributed by atoms with Gasteiger partial charge in [0, 0.05) is 30.3 Å². The zero-order chi connectivity index (χ0) is 16.2.